The van der Waals surface area contributed by atoms with Crippen LogP contribution >= 0.6 is 0 Å². The van der Waals surface area contributed by atoms with E-state index >= 15 is 0 Å². The number of fused-ring (bicyclic) bond motifs is 4. The average Bonchev–Trinajstić information content (AvgIpc) is 2.95. The number of rotatable bonds is 1. The van der Waals surface area contributed by atoms with Gasteiger partial charge in [-0.3, -0.25) is 9.69 Å². The number of ether oxygens (including phenoxy) is 1. The standard InChI is InChI=1S/C19H20N2O2/c1-3-10-9-21-16-7-12(10)19(22)17(21)8-14-13-6-11(23-2)4-5-15(13)20-18(14)16/h3-6,12,16-17,20H,7-9H2,1-2H3/b10-3+. The summed E-state index contributed by atoms with van der Waals surface area (Å²) in [7, 11) is 1.70. The van der Waals surface area contributed by atoms with Crippen molar-refractivity contribution < 1.29 is 9.53 Å². The van der Waals surface area contributed by atoms with Gasteiger partial charge in [-0.1, -0.05) is 6.08 Å². The maximum absolute atomic E-state index is 12.8. The summed E-state index contributed by atoms with van der Waals surface area (Å²) in [6.45, 7) is 3.00. The number of nitrogens with one attached hydrogen (secondary N) is 1. The van der Waals surface area contributed by atoms with Gasteiger partial charge < -0.3 is 9.72 Å². The number of piperidine rings is 3. The van der Waals surface area contributed by atoms with Crippen LogP contribution in [0.25, 0.3) is 10.9 Å². The molecular formula is C19H20N2O2. The van der Waals surface area contributed by atoms with Gasteiger partial charge in [0.05, 0.1) is 19.2 Å². The van der Waals surface area contributed by atoms with Gasteiger partial charge in [-0.15, -0.1) is 0 Å². The topological polar surface area (TPSA) is 45.3 Å². The minimum absolute atomic E-state index is 0.0557. The third-order valence-electron chi connectivity index (χ3n) is 5.99. The zero-order valence-electron chi connectivity index (χ0n) is 13.4. The average molecular weight is 308 g/mol. The Morgan fingerprint density at radius 2 is 2.22 bits per heavy atom. The van der Waals surface area contributed by atoms with Crippen molar-refractivity contribution in [3.05, 3.63) is 41.1 Å². The van der Waals surface area contributed by atoms with Crippen LogP contribution in [0.1, 0.15) is 30.6 Å². The molecule has 0 radical (unpaired) electrons. The van der Waals surface area contributed by atoms with Gasteiger partial charge in [0.1, 0.15) is 5.75 Å². The molecule has 1 aromatic carbocycles. The highest BCUT2D eigenvalue weighted by atomic mass is 16.5. The molecule has 0 amide bonds. The van der Waals surface area contributed by atoms with Crippen LogP contribution < -0.4 is 4.74 Å². The summed E-state index contributed by atoms with van der Waals surface area (Å²) in [5, 5.41) is 1.21. The minimum atomic E-state index is 0.0557. The van der Waals surface area contributed by atoms with Crippen molar-refractivity contribution in [1.82, 2.24) is 9.88 Å². The predicted molar refractivity (Wildman–Crippen MR) is 88.7 cm³/mol. The number of nitrogens with zero attached hydrogens (tertiary/aromatic N) is 1. The molecule has 4 nitrogen and oxygen atoms in total. The van der Waals surface area contributed by atoms with Gasteiger partial charge in [-0.2, -0.15) is 0 Å². The predicted octanol–water partition coefficient (Wildman–Crippen LogP) is 2.99. The highest BCUT2D eigenvalue weighted by molar-refractivity contribution is 5.94. The first kappa shape index (κ1) is 13.4. The molecule has 0 saturated carbocycles. The summed E-state index contributed by atoms with van der Waals surface area (Å²) in [6, 6.07) is 6.59. The summed E-state index contributed by atoms with van der Waals surface area (Å²) in [6.07, 6.45) is 3.89. The number of carbonyl (C=O) groups is 1. The summed E-state index contributed by atoms with van der Waals surface area (Å²) in [5.74, 6) is 1.43. The molecule has 2 aromatic rings. The number of H-pyrrole nitrogens is 1. The van der Waals surface area contributed by atoms with Crippen molar-refractivity contribution >= 4 is 16.7 Å². The molecule has 4 heteroatoms. The van der Waals surface area contributed by atoms with Crippen LogP contribution in [0, 0.1) is 5.92 Å². The molecule has 4 atom stereocenters. The van der Waals surface area contributed by atoms with Crippen LogP contribution in [0.15, 0.2) is 29.8 Å². The molecule has 4 aliphatic rings. The molecular weight excluding hydrogens is 288 g/mol. The molecule has 6 rings (SSSR count). The minimum Gasteiger partial charge on any atom is -0.497 e. The van der Waals surface area contributed by atoms with E-state index in [1.807, 2.05) is 6.07 Å². The lowest BCUT2D eigenvalue weighted by Crippen LogP contribution is -2.60. The second-order valence-corrected chi connectivity index (χ2v) is 6.89. The molecule has 3 fully saturated rings. The number of aromatic amines is 1. The number of allylic oxidation sites excluding steroid dienone is 1. The zero-order chi connectivity index (χ0) is 15.7. The van der Waals surface area contributed by atoms with Crippen LogP contribution in [0.3, 0.4) is 0 Å². The van der Waals surface area contributed by atoms with Gasteiger partial charge in [0, 0.05) is 29.1 Å². The van der Waals surface area contributed by atoms with Crippen molar-refractivity contribution in [3.8, 4) is 5.75 Å². The van der Waals surface area contributed by atoms with Gasteiger partial charge in [-0.25, -0.2) is 0 Å². The van der Waals surface area contributed by atoms with E-state index in [9.17, 15) is 4.79 Å². The Morgan fingerprint density at radius 1 is 1.35 bits per heavy atom. The van der Waals surface area contributed by atoms with Crippen LogP contribution in [-0.2, 0) is 11.2 Å². The highest BCUT2D eigenvalue weighted by Crippen LogP contribution is 2.50. The molecule has 0 spiro atoms. The second kappa shape index (κ2) is 4.48. The van der Waals surface area contributed by atoms with E-state index in [0.29, 0.717) is 11.8 Å². The molecule has 1 N–H and O–H groups in total. The quantitative estimate of drug-likeness (QED) is 0.824. The van der Waals surface area contributed by atoms with Crippen LogP contribution in [0.2, 0.25) is 0 Å². The lowest BCUT2D eigenvalue weighted by Gasteiger charge is -2.53. The fraction of sp³-hybridized carbons (Fsp3) is 0.421. The molecule has 4 aliphatic heterocycles. The van der Waals surface area contributed by atoms with Crippen molar-refractivity contribution in [1.29, 1.82) is 0 Å². The van der Waals surface area contributed by atoms with Gasteiger partial charge >= 0.3 is 0 Å². The number of carbonyl (C=O) groups excluding carboxylic acids is 1. The Balaban J connectivity index is 1.68. The van der Waals surface area contributed by atoms with Crippen molar-refractivity contribution in [2.75, 3.05) is 13.7 Å². The van der Waals surface area contributed by atoms with Gasteiger partial charge in [-0.05, 0) is 49.1 Å². The lowest BCUT2D eigenvalue weighted by molar-refractivity contribution is -0.137. The van der Waals surface area contributed by atoms with E-state index < -0.39 is 0 Å². The summed E-state index contributed by atoms with van der Waals surface area (Å²) >= 11 is 0. The van der Waals surface area contributed by atoms with Gasteiger partial charge in [0.15, 0.2) is 5.78 Å². The largest absolute Gasteiger partial charge is 0.497 e. The Morgan fingerprint density at radius 3 is 3.00 bits per heavy atom. The molecule has 0 aliphatic carbocycles. The van der Waals surface area contributed by atoms with E-state index in [2.05, 4.69) is 35.0 Å². The SMILES string of the molecule is C/C=C1\CN2C3Cc4c([nH]c5ccc(OC)cc45)C2CC1C3=O. The maximum atomic E-state index is 12.8. The van der Waals surface area contributed by atoms with Crippen LogP contribution in [-0.4, -0.2) is 35.4 Å². The first-order chi connectivity index (χ1) is 11.2. The van der Waals surface area contributed by atoms with E-state index in [1.54, 1.807) is 7.11 Å². The highest BCUT2D eigenvalue weighted by Gasteiger charge is 2.52. The molecule has 5 heterocycles. The first-order valence-corrected chi connectivity index (χ1v) is 8.34. The molecule has 4 unspecified atom stereocenters. The Bertz CT molecular complexity index is 864. The van der Waals surface area contributed by atoms with Crippen molar-refractivity contribution in [2.24, 2.45) is 5.92 Å². The lowest BCUT2D eigenvalue weighted by atomic mass is 9.69. The van der Waals surface area contributed by atoms with Gasteiger partial charge in [0.25, 0.3) is 0 Å². The number of ketones is 1. The zero-order valence-corrected chi connectivity index (χ0v) is 13.4. The van der Waals surface area contributed by atoms with Crippen molar-refractivity contribution in [2.45, 2.75) is 31.8 Å². The van der Waals surface area contributed by atoms with Crippen molar-refractivity contribution in [3.63, 3.8) is 0 Å². The summed E-state index contributed by atoms with van der Waals surface area (Å²) in [4.78, 5) is 18.9. The number of hydrogen-bond donors (Lipinski definition) is 1. The number of aromatic nitrogens is 1. The van der Waals surface area contributed by atoms with Gasteiger partial charge in [0.2, 0.25) is 0 Å². The number of hydrogen-bond acceptors (Lipinski definition) is 3. The fourth-order valence-electron chi connectivity index (χ4n) is 4.83. The van der Waals surface area contributed by atoms with E-state index in [-0.39, 0.29) is 12.0 Å². The number of methoxy groups -OCH3 is 1. The molecule has 3 saturated heterocycles. The van der Waals surface area contributed by atoms with Crippen LogP contribution in [0.4, 0.5) is 0 Å². The fourth-order valence-corrected chi connectivity index (χ4v) is 4.83. The Kier molecular flexibility index (Phi) is 2.61. The normalized spacial score (nSPS) is 33.3. The van der Waals surface area contributed by atoms with E-state index in [4.69, 9.17) is 4.74 Å². The Labute approximate surface area is 135 Å². The summed E-state index contributed by atoms with van der Waals surface area (Å²) in [5.41, 5.74) is 5.10. The molecule has 23 heavy (non-hydrogen) atoms. The van der Waals surface area contributed by atoms with E-state index in [1.165, 1.54) is 22.2 Å². The number of Topliss-reactive ketones (excluding diaryl/α,β-unsaturated/α-hetero) is 1. The first-order valence-electron chi connectivity index (χ1n) is 8.34. The number of benzene rings is 1. The smallest absolute Gasteiger partial charge is 0.157 e. The molecule has 1 aromatic heterocycles. The third kappa shape index (κ3) is 1.62. The van der Waals surface area contributed by atoms with E-state index in [0.717, 1.165) is 30.7 Å². The third-order valence-corrected chi connectivity index (χ3v) is 5.99. The second-order valence-electron chi connectivity index (χ2n) is 6.89. The maximum Gasteiger partial charge on any atom is 0.157 e. The monoisotopic (exact) mass is 308 g/mol. The Hall–Kier alpha value is -2.07. The molecule has 118 valence electrons. The molecule has 4 bridgehead atoms. The summed E-state index contributed by atoms with van der Waals surface area (Å²) < 4.78 is 5.38. The van der Waals surface area contributed by atoms with Crippen LogP contribution in [0.5, 0.6) is 5.75 Å².